The van der Waals surface area contributed by atoms with Gasteiger partial charge < -0.3 is 15.7 Å². The Morgan fingerprint density at radius 3 is 2.86 bits per heavy atom. The smallest absolute Gasteiger partial charge is 0.251 e. The highest BCUT2D eigenvalue weighted by molar-refractivity contribution is 5.98. The molecule has 1 fully saturated rings. The summed E-state index contributed by atoms with van der Waals surface area (Å²) in [7, 11) is 0. The van der Waals surface area contributed by atoms with Crippen LogP contribution in [0.25, 0.3) is 0 Å². The molecule has 1 aliphatic heterocycles. The summed E-state index contributed by atoms with van der Waals surface area (Å²) >= 11 is 0. The molecule has 114 valence electrons. The molecule has 1 aromatic carbocycles. The first-order chi connectivity index (χ1) is 9.85. The zero-order chi connectivity index (χ0) is 15.5. The van der Waals surface area contributed by atoms with E-state index >= 15 is 0 Å². The van der Waals surface area contributed by atoms with Gasteiger partial charge in [0.1, 0.15) is 6.04 Å². The van der Waals surface area contributed by atoms with E-state index in [0.717, 1.165) is 5.56 Å². The lowest BCUT2D eigenvalue weighted by Gasteiger charge is -2.17. The lowest BCUT2D eigenvalue weighted by Crippen LogP contribution is -2.40. The number of nitrogens with one attached hydrogen (secondary N) is 2. The highest BCUT2D eigenvalue weighted by Gasteiger charge is 2.25. The maximum atomic E-state index is 12.2. The van der Waals surface area contributed by atoms with Crippen LogP contribution in [0.5, 0.6) is 0 Å². The minimum atomic E-state index is -0.722. The molecule has 0 saturated carbocycles. The van der Waals surface area contributed by atoms with Crippen molar-refractivity contribution in [1.29, 1.82) is 0 Å². The minimum absolute atomic E-state index is 0.124. The van der Waals surface area contributed by atoms with Crippen LogP contribution in [0.15, 0.2) is 24.3 Å². The highest BCUT2D eigenvalue weighted by atomic mass is 16.3. The zero-order valence-electron chi connectivity index (χ0n) is 12.5. The standard InChI is InChI=1S/C16H22N2O3/c1-16(2,21)8-6-11-4-3-5-12(10-11)14(19)18-13-7-9-17-15(13)20/h3-5,10,13,21H,6-9H2,1-2H3,(H,17,20)(H,18,19). The molecule has 0 bridgehead atoms. The van der Waals surface area contributed by atoms with Crippen LogP contribution in [0.3, 0.4) is 0 Å². The monoisotopic (exact) mass is 290 g/mol. The minimum Gasteiger partial charge on any atom is -0.390 e. The third-order valence-electron chi connectivity index (χ3n) is 3.57. The van der Waals surface area contributed by atoms with Crippen LogP contribution in [-0.4, -0.2) is 35.1 Å². The van der Waals surface area contributed by atoms with Gasteiger partial charge in [0.2, 0.25) is 5.91 Å². The van der Waals surface area contributed by atoms with Crippen molar-refractivity contribution < 1.29 is 14.7 Å². The van der Waals surface area contributed by atoms with Gasteiger partial charge in [-0.1, -0.05) is 12.1 Å². The fourth-order valence-electron chi connectivity index (χ4n) is 2.29. The molecule has 1 heterocycles. The normalized spacial score (nSPS) is 18.4. The molecule has 1 atom stereocenters. The number of aliphatic hydroxyl groups is 1. The predicted molar refractivity (Wildman–Crippen MR) is 79.9 cm³/mol. The Balaban J connectivity index is 1.99. The summed E-state index contributed by atoms with van der Waals surface area (Å²) in [6.45, 7) is 4.14. The van der Waals surface area contributed by atoms with Gasteiger partial charge in [-0.3, -0.25) is 9.59 Å². The third kappa shape index (κ3) is 4.56. The molecule has 2 amide bonds. The van der Waals surface area contributed by atoms with Crippen molar-refractivity contribution in [1.82, 2.24) is 10.6 Å². The summed E-state index contributed by atoms with van der Waals surface area (Å²) in [5.74, 6) is -0.358. The Labute approximate surface area is 124 Å². The number of carbonyl (C=O) groups excluding carboxylic acids is 2. The van der Waals surface area contributed by atoms with E-state index in [9.17, 15) is 14.7 Å². The molecule has 1 saturated heterocycles. The van der Waals surface area contributed by atoms with Gasteiger partial charge in [0, 0.05) is 12.1 Å². The van der Waals surface area contributed by atoms with Crippen LogP contribution in [0.1, 0.15) is 42.6 Å². The van der Waals surface area contributed by atoms with E-state index in [-0.39, 0.29) is 11.8 Å². The van der Waals surface area contributed by atoms with Crippen LogP contribution in [0.2, 0.25) is 0 Å². The van der Waals surface area contributed by atoms with E-state index in [1.54, 1.807) is 19.9 Å². The second kappa shape index (κ2) is 6.26. The summed E-state index contributed by atoms with van der Waals surface area (Å²) in [6.07, 6.45) is 1.96. The fourth-order valence-corrected chi connectivity index (χ4v) is 2.29. The van der Waals surface area contributed by atoms with Gasteiger partial charge in [0.25, 0.3) is 5.91 Å². The number of carbonyl (C=O) groups is 2. The number of rotatable bonds is 5. The molecule has 1 aliphatic rings. The Morgan fingerprint density at radius 2 is 2.24 bits per heavy atom. The number of benzene rings is 1. The van der Waals surface area contributed by atoms with Crippen LogP contribution in [0.4, 0.5) is 0 Å². The average molecular weight is 290 g/mol. The van der Waals surface area contributed by atoms with Crippen molar-refractivity contribution in [2.45, 2.75) is 44.8 Å². The molecule has 0 spiro atoms. The second-order valence-corrected chi connectivity index (χ2v) is 6.12. The van der Waals surface area contributed by atoms with E-state index in [4.69, 9.17) is 0 Å². The Bertz CT molecular complexity index is 535. The van der Waals surface area contributed by atoms with Crippen LogP contribution in [-0.2, 0) is 11.2 Å². The van der Waals surface area contributed by atoms with Crippen molar-refractivity contribution in [2.24, 2.45) is 0 Å². The summed E-state index contributed by atoms with van der Waals surface area (Å²) in [5, 5.41) is 15.2. The van der Waals surface area contributed by atoms with E-state index in [0.29, 0.717) is 31.4 Å². The average Bonchev–Trinajstić information content (AvgIpc) is 2.81. The summed E-state index contributed by atoms with van der Waals surface area (Å²) < 4.78 is 0. The van der Waals surface area contributed by atoms with Gasteiger partial charge in [0.05, 0.1) is 5.60 Å². The first-order valence-corrected chi connectivity index (χ1v) is 7.25. The summed E-state index contributed by atoms with van der Waals surface area (Å²) in [6, 6.07) is 6.87. The first-order valence-electron chi connectivity index (χ1n) is 7.25. The highest BCUT2D eigenvalue weighted by Crippen LogP contribution is 2.14. The topological polar surface area (TPSA) is 78.4 Å². The lowest BCUT2D eigenvalue weighted by atomic mass is 9.98. The maximum absolute atomic E-state index is 12.2. The van der Waals surface area contributed by atoms with Gasteiger partial charge in [-0.05, 0) is 50.8 Å². The van der Waals surface area contributed by atoms with Gasteiger partial charge in [-0.15, -0.1) is 0 Å². The third-order valence-corrected chi connectivity index (χ3v) is 3.57. The molecule has 0 radical (unpaired) electrons. The molecule has 0 aromatic heterocycles. The van der Waals surface area contributed by atoms with Crippen molar-refractivity contribution in [3.63, 3.8) is 0 Å². The van der Waals surface area contributed by atoms with Crippen LogP contribution >= 0.6 is 0 Å². The zero-order valence-corrected chi connectivity index (χ0v) is 12.5. The quantitative estimate of drug-likeness (QED) is 0.757. The molecule has 1 unspecified atom stereocenters. The van der Waals surface area contributed by atoms with E-state index < -0.39 is 11.6 Å². The molecule has 2 rings (SSSR count). The molecular weight excluding hydrogens is 268 g/mol. The molecule has 21 heavy (non-hydrogen) atoms. The first kappa shape index (κ1) is 15.5. The molecule has 0 aliphatic carbocycles. The van der Waals surface area contributed by atoms with Gasteiger partial charge in [0.15, 0.2) is 0 Å². The lowest BCUT2D eigenvalue weighted by molar-refractivity contribution is -0.120. The van der Waals surface area contributed by atoms with Crippen molar-refractivity contribution in [3.8, 4) is 0 Å². The predicted octanol–water partition coefficient (Wildman–Crippen LogP) is 1.01. The Kier molecular flexibility index (Phi) is 4.63. The maximum Gasteiger partial charge on any atom is 0.251 e. The van der Waals surface area contributed by atoms with E-state index in [1.807, 2.05) is 18.2 Å². The number of aryl methyl sites for hydroxylation is 1. The second-order valence-electron chi connectivity index (χ2n) is 6.12. The van der Waals surface area contributed by atoms with E-state index in [2.05, 4.69) is 10.6 Å². The molecule has 3 N–H and O–H groups in total. The number of amides is 2. The Morgan fingerprint density at radius 1 is 1.48 bits per heavy atom. The van der Waals surface area contributed by atoms with Gasteiger partial charge in [-0.25, -0.2) is 0 Å². The number of hydrogen-bond donors (Lipinski definition) is 3. The largest absolute Gasteiger partial charge is 0.390 e. The molecule has 5 heteroatoms. The van der Waals surface area contributed by atoms with Crippen molar-refractivity contribution in [3.05, 3.63) is 35.4 Å². The Hall–Kier alpha value is -1.88. The van der Waals surface area contributed by atoms with Crippen molar-refractivity contribution in [2.75, 3.05) is 6.54 Å². The fraction of sp³-hybridized carbons (Fsp3) is 0.500. The van der Waals surface area contributed by atoms with Crippen molar-refractivity contribution >= 4 is 11.8 Å². The molecular formula is C16H22N2O3. The van der Waals surface area contributed by atoms with E-state index in [1.165, 1.54) is 0 Å². The summed E-state index contributed by atoms with van der Waals surface area (Å²) in [4.78, 5) is 23.6. The molecule has 1 aromatic rings. The van der Waals surface area contributed by atoms with Crippen LogP contribution in [0, 0.1) is 0 Å². The van der Waals surface area contributed by atoms with Gasteiger partial charge in [-0.2, -0.15) is 0 Å². The number of hydrogen-bond acceptors (Lipinski definition) is 3. The molecule has 5 nitrogen and oxygen atoms in total. The van der Waals surface area contributed by atoms with Gasteiger partial charge >= 0.3 is 0 Å². The SMILES string of the molecule is CC(C)(O)CCc1cccc(C(=O)NC2CCNC2=O)c1. The van der Waals surface area contributed by atoms with Crippen LogP contribution < -0.4 is 10.6 Å². The summed E-state index contributed by atoms with van der Waals surface area (Å²) in [5.41, 5.74) is 0.823.